The maximum atomic E-state index is 12.1. The second kappa shape index (κ2) is 17.4. The van der Waals surface area contributed by atoms with Gasteiger partial charge in [-0.2, -0.15) is 0 Å². The van der Waals surface area contributed by atoms with E-state index in [-0.39, 0.29) is 5.91 Å². The van der Waals surface area contributed by atoms with Gasteiger partial charge in [-0.25, -0.2) is 0 Å². The number of amides is 1. The van der Waals surface area contributed by atoms with E-state index >= 15 is 0 Å². The lowest BCUT2D eigenvalue weighted by Gasteiger charge is -2.15. The zero-order valence-electron chi connectivity index (χ0n) is 19.3. The Labute approximate surface area is 180 Å². The fraction of sp³-hybridized carbons (Fsp3) is 0.731. The van der Waals surface area contributed by atoms with Crippen molar-refractivity contribution in [3.8, 4) is 5.75 Å². The molecular formula is C26H45NO2. The van der Waals surface area contributed by atoms with Crippen LogP contribution in [-0.2, 0) is 4.79 Å². The van der Waals surface area contributed by atoms with Crippen LogP contribution in [0.2, 0.25) is 0 Å². The molecule has 1 aromatic rings. The number of benzene rings is 1. The molecule has 0 spiro atoms. The third-order valence-electron chi connectivity index (χ3n) is 5.50. The largest absolute Gasteiger partial charge is 0.481 e. The molecule has 1 amide bonds. The maximum Gasteiger partial charge on any atom is 0.260 e. The molecule has 0 aliphatic carbocycles. The molecule has 166 valence electrons. The predicted molar refractivity (Wildman–Crippen MR) is 125 cm³/mol. The Morgan fingerprint density at radius 1 is 0.862 bits per heavy atom. The molecule has 3 nitrogen and oxygen atoms in total. The Hall–Kier alpha value is -1.51. The highest BCUT2D eigenvalue weighted by Gasteiger charge is 2.13. The van der Waals surface area contributed by atoms with E-state index in [1.54, 1.807) is 0 Å². The average Bonchev–Trinajstić information content (AvgIpc) is 2.70. The Balaban J connectivity index is 1.88. The molecule has 0 bridgehead atoms. The number of aryl methyl sites for hydroxylation is 1. The summed E-state index contributed by atoms with van der Waals surface area (Å²) in [5.74, 6) is 0.727. The van der Waals surface area contributed by atoms with E-state index in [2.05, 4.69) is 12.2 Å². The minimum atomic E-state index is -0.455. The highest BCUT2D eigenvalue weighted by Crippen LogP contribution is 2.15. The topological polar surface area (TPSA) is 38.3 Å². The molecular weight excluding hydrogens is 358 g/mol. The second-order valence-electron chi connectivity index (χ2n) is 8.46. The summed E-state index contributed by atoms with van der Waals surface area (Å²) in [6, 6.07) is 7.82. The summed E-state index contributed by atoms with van der Waals surface area (Å²) >= 11 is 0. The minimum Gasteiger partial charge on any atom is -0.481 e. The van der Waals surface area contributed by atoms with Gasteiger partial charge in [0.25, 0.3) is 5.91 Å². The molecule has 3 heteroatoms. The quantitative estimate of drug-likeness (QED) is 0.260. The van der Waals surface area contributed by atoms with E-state index < -0.39 is 6.10 Å². The van der Waals surface area contributed by atoms with Gasteiger partial charge in [-0.1, -0.05) is 103 Å². The third kappa shape index (κ3) is 14.2. The van der Waals surface area contributed by atoms with Gasteiger partial charge in [-0.05, 0) is 38.0 Å². The molecule has 0 heterocycles. The van der Waals surface area contributed by atoms with Crippen LogP contribution in [0.25, 0.3) is 0 Å². The fourth-order valence-corrected chi connectivity index (χ4v) is 3.62. The summed E-state index contributed by atoms with van der Waals surface area (Å²) in [7, 11) is 0. The minimum absolute atomic E-state index is 0.0267. The maximum absolute atomic E-state index is 12.1. The highest BCUT2D eigenvalue weighted by atomic mass is 16.5. The van der Waals surface area contributed by atoms with Crippen LogP contribution in [0, 0.1) is 6.92 Å². The van der Waals surface area contributed by atoms with Gasteiger partial charge in [0.15, 0.2) is 6.10 Å². The van der Waals surface area contributed by atoms with Crippen molar-refractivity contribution in [2.45, 2.75) is 117 Å². The number of nitrogens with one attached hydrogen (secondary N) is 1. The van der Waals surface area contributed by atoms with Gasteiger partial charge in [-0.15, -0.1) is 0 Å². The molecule has 1 N–H and O–H groups in total. The van der Waals surface area contributed by atoms with E-state index in [0.29, 0.717) is 0 Å². The van der Waals surface area contributed by atoms with Crippen LogP contribution in [0.15, 0.2) is 24.3 Å². The SMILES string of the molecule is CCCCCCCCCCCCCCCCNC(=O)C(C)Oc1cccc(C)c1. The zero-order chi connectivity index (χ0) is 21.2. The second-order valence-corrected chi connectivity index (χ2v) is 8.46. The number of hydrogen-bond donors (Lipinski definition) is 1. The molecule has 0 saturated carbocycles. The van der Waals surface area contributed by atoms with Crippen molar-refractivity contribution in [2.24, 2.45) is 0 Å². The molecule has 1 aromatic carbocycles. The Kier molecular flexibility index (Phi) is 15.3. The number of hydrogen-bond acceptors (Lipinski definition) is 2. The smallest absolute Gasteiger partial charge is 0.260 e. The normalized spacial score (nSPS) is 12.0. The predicted octanol–water partition coefficient (Wildman–Crippen LogP) is 7.36. The molecule has 0 radical (unpaired) electrons. The van der Waals surface area contributed by atoms with Crippen molar-refractivity contribution in [3.05, 3.63) is 29.8 Å². The summed E-state index contributed by atoms with van der Waals surface area (Å²) in [6.45, 7) is 6.85. The number of ether oxygens (including phenoxy) is 1. The first-order chi connectivity index (χ1) is 14.1. The molecule has 29 heavy (non-hydrogen) atoms. The van der Waals surface area contributed by atoms with Crippen molar-refractivity contribution in [1.29, 1.82) is 0 Å². The summed E-state index contributed by atoms with van der Waals surface area (Å²) in [6.07, 6.45) is 18.4. The summed E-state index contributed by atoms with van der Waals surface area (Å²) < 4.78 is 5.72. The lowest BCUT2D eigenvalue weighted by molar-refractivity contribution is -0.127. The van der Waals surface area contributed by atoms with E-state index in [4.69, 9.17) is 4.74 Å². The van der Waals surface area contributed by atoms with Crippen molar-refractivity contribution in [1.82, 2.24) is 5.32 Å². The monoisotopic (exact) mass is 403 g/mol. The van der Waals surface area contributed by atoms with Crippen LogP contribution in [0.5, 0.6) is 5.75 Å². The van der Waals surface area contributed by atoms with Gasteiger partial charge in [0.05, 0.1) is 0 Å². The van der Waals surface area contributed by atoms with Crippen LogP contribution in [0.1, 0.15) is 109 Å². The van der Waals surface area contributed by atoms with Crippen LogP contribution in [-0.4, -0.2) is 18.6 Å². The van der Waals surface area contributed by atoms with Gasteiger partial charge in [0.1, 0.15) is 5.75 Å². The number of rotatable bonds is 18. The van der Waals surface area contributed by atoms with Crippen LogP contribution < -0.4 is 10.1 Å². The molecule has 1 unspecified atom stereocenters. The average molecular weight is 404 g/mol. The Morgan fingerprint density at radius 2 is 1.38 bits per heavy atom. The first-order valence-corrected chi connectivity index (χ1v) is 12.1. The van der Waals surface area contributed by atoms with Crippen molar-refractivity contribution >= 4 is 5.91 Å². The molecule has 0 aromatic heterocycles. The van der Waals surface area contributed by atoms with Crippen molar-refractivity contribution in [3.63, 3.8) is 0 Å². The van der Waals surface area contributed by atoms with Gasteiger partial charge in [0, 0.05) is 6.54 Å². The molecule has 1 rings (SSSR count). The first-order valence-electron chi connectivity index (χ1n) is 12.1. The number of carbonyl (C=O) groups excluding carboxylic acids is 1. The Bertz CT molecular complexity index is 529. The molecule has 0 fully saturated rings. The Morgan fingerprint density at radius 3 is 1.90 bits per heavy atom. The summed E-state index contributed by atoms with van der Waals surface area (Å²) in [5.41, 5.74) is 1.14. The lowest BCUT2D eigenvalue weighted by atomic mass is 10.0. The van der Waals surface area contributed by atoms with E-state index in [9.17, 15) is 4.79 Å². The fourth-order valence-electron chi connectivity index (χ4n) is 3.62. The van der Waals surface area contributed by atoms with E-state index in [1.165, 1.54) is 83.5 Å². The van der Waals surface area contributed by atoms with Crippen molar-refractivity contribution in [2.75, 3.05) is 6.54 Å². The van der Waals surface area contributed by atoms with Gasteiger partial charge < -0.3 is 10.1 Å². The van der Waals surface area contributed by atoms with E-state index in [1.807, 2.05) is 38.1 Å². The number of carbonyl (C=O) groups is 1. The summed E-state index contributed by atoms with van der Waals surface area (Å²) in [5, 5.41) is 3.00. The summed E-state index contributed by atoms with van der Waals surface area (Å²) in [4.78, 5) is 12.1. The third-order valence-corrected chi connectivity index (χ3v) is 5.50. The highest BCUT2D eigenvalue weighted by molar-refractivity contribution is 5.80. The van der Waals surface area contributed by atoms with Crippen LogP contribution in [0.4, 0.5) is 0 Å². The molecule has 0 saturated heterocycles. The zero-order valence-corrected chi connectivity index (χ0v) is 19.3. The van der Waals surface area contributed by atoms with Crippen LogP contribution in [0.3, 0.4) is 0 Å². The van der Waals surface area contributed by atoms with Crippen LogP contribution >= 0.6 is 0 Å². The van der Waals surface area contributed by atoms with Gasteiger partial charge in [-0.3, -0.25) is 4.79 Å². The number of unbranched alkanes of at least 4 members (excludes halogenated alkanes) is 13. The molecule has 1 atom stereocenters. The van der Waals surface area contributed by atoms with E-state index in [0.717, 1.165) is 24.3 Å². The molecule has 0 aliphatic rings. The molecule has 0 aliphatic heterocycles. The first kappa shape index (κ1) is 25.5. The standard InChI is InChI=1S/C26H45NO2/c1-4-5-6-7-8-9-10-11-12-13-14-15-16-17-21-27-26(28)24(3)29-25-20-18-19-23(2)22-25/h18-20,22,24H,4-17,21H2,1-3H3,(H,27,28). The lowest BCUT2D eigenvalue weighted by Crippen LogP contribution is -2.36. The van der Waals surface area contributed by atoms with Gasteiger partial charge >= 0.3 is 0 Å². The van der Waals surface area contributed by atoms with Crippen molar-refractivity contribution < 1.29 is 9.53 Å². The van der Waals surface area contributed by atoms with Gasteiger partial charge in [0.2, 0.25) is 0 Å².